The van der Waals surface area contributed by atoms with Gasteiger partial charge in [-0.1, -0.05) is 0 Å². The lowest BCUT2D eigenvalue weighted by atomic mass is 10.0. The summed E-state index contributed by atoms with van der Waals surface area (Å²) in [4.78, 5) is 0. The standard InChI is InChI=1S/C13H14O4/c1-16-11-3-4-12(17-2)13-9(11)5-8(7-14)6-10(13)15/h3-6,14-15H,7H2,1-2H3. The van der Waals surface area contributed by atoms with Gasteiger partial charge in [-0.25, -0.2) is 0 Å². The van der Waals surface area contributed by atoms with Crippen LogP contribution in [0.25, 0.3) is 10.8 Å². The van der Waals surface area contributed by atoms with E-state index in [1.54, 1.807) is 32.4 Å². The minimum Gasteiger partial charge on any atom is -0.507 e. The molecule has 0 aromatic heterocycles. The molecule has 0 spiro atoms. The van der Waals surface area contributed by atoms with Crippen molar-refractivity contribution in [2.75, 3.05) is 14.2 Å². The van der Waals surface area contributed by atoms with Crippen LogP contribution in [0, 0.1) is 0 Å². The van der Waals surface area contributed by atoms with Crippen molar-refractivity contribution in [1.82, 2.24) is 0 Å². The largest absolute Gasteiger partial charge is 0.507 e. The highest BCUT2D eigenvalue weighted by Gasteiger charge is 2.12. The Kier molecular flexibility index (Phi) is 3.06. The molecule has 0 aliphatic carbocycles. The van der Waals surface area contributed by atoms with Crippen LogP contribution in [0.1, 0.15) is 5.56 Å². The van der Waals surface area contributed by atoms with Crippen molar-refractivity contribution < 1.29 is 19.7 Å². The van der Waals surface area contributed by atoms with Crippen LogP contribution in [-0.2, 0) is 6.61 Å². The van der Waals surface area contributed by atoms with Crippen LogP contribution in [0.2, 0.25) is 0 Å². The van der Waals surface area contributed by atoms with E-state index in [1.807, 2.05) is 0 Å². The average molecular weight is 234 g/mol. The van der Waals surface area contributed by atoms with Crippen LogP contribution in [0.5, 0.6) is 17.2 Å². The Balaban J connectivity index is 2.85. The third kappa shape index (κ3) is 1.87. The Labute approximate surface area is 99.0 Å². The van der Waals surface area contributed by atoms with Gasteiger partial charge in [0.15, 0.2) is 0 Å². The number of aliphatic hydroxyl groups is 1. The summed E-state index contributed by atoms with van der Waals surface area (Å²) in [5.74, 6) is 1.27. The highest BCUT2D eigenvalue weighted by Crippen LogP contribution is 2.39. The predicted octanol–water partition coefficient (Wildman–Crippen LogP) is 2.05. The summed E-state index contributed by atoms with van der Waals surface area (Å²) < 4.78 is 10.4. The van der Waals surface area contributed by atoms with E-state index in [1.165, 1.54) is 6.07 Å². The SMILES string of the molecule is COc1ccc(OC)c2c(O)cc(CO)cc12. The van der Waals surface area contributed by atoms with Crippen LogP contribution in [0.15, 0.2) is 24.3 Å². The molecule has 0 atom stereocenters. The first-order chi connectivity index (χ1) is 8.21. The Hall–Kier alpha value is -1.94. The third-order valence-electron chi connectivity index (χ3n) is 2.70. The zero-order valence-electron chi connectivity index (χ0n) is 9.73. The van der Waals surface area contributed by atoms with E-state index < -0.39 is 0 Å². The lowest BCUT2D eigenvalue weighted by Crippen LogP contribution is -1.92. The zero-order valence-corrected chi connectivity index (χ0v) is 9.73. The number of aromatic hydroxyl groups is 1. The molecule has 0 heterocycles. The molecule has 0 bridgehead atoms. The number of hydrogen-bond donors (Lipinski definition) is 2. The summed E-state index contributed by atoms with van der Waals surface area (Å²) in [7, 11) is 3.10. The molecular weight excluding hydrogens is 220 g/mol. The molecule has 4 nitrogen and oxygen atoms in total. The molecule has 0 saturated heterocycles. The molecule has 4 heteroatoms. The fourth-order valence-electron chi connectivity index (χ4n) is 1.90. The molecule has 17 heavy (non-hydrogen) atoms. The van der Waals surface area contributed by atoms with Crippen LogP contribution in [0.3, 0.4) is 0 Å². The number of phenolic OH excluding ortho intramolecular Hbond substituents is 1. The normalized spacial score (nSPS) is 10.5. The van der Waals surface area contributed by atoms with Crippen molar-refractivity contribution in [2.45, 2.75) is 6.61 Å². The van der Waals surface area contributed by atoms with Crippen molar-refractivity contribution in [1.29, 1.82) is 0 Å². The van der Waals surface area contributed by atoms with Gasteiger partial charge in [0.05, 0.1) is 26.2 Å². The number of fused-ring (bicyclic) bond motifs is 1. The molecule has 0 radical (unpaired) electrons. The topological polar surface area (TPSA) is 58.9 Å². The van der Waals surface area contributed by atoms with Gasteiger partial charge in [0.2, 0.25) is 0 Å². The van der Waals surface area contributed by atoms with Crippen LogP contribution in [0.4, 0.5) is 0 Å². The highest BCUT2D eigenvalue weighted by molar-refractivity contribution is 5.98. The van der Waals surface area contributed by atoms with Crippen molar-refractivity contribution >= 4 is 10.8 Å². The first kappa shape index (κ1) is 11.5. The average Bonchev–Trinajstić information content (AvgIpc) is 2.37. The number of phenols is 1. The Morgan fingerprint density at radius 3 is 2.29 bits per heavy atom. The van der Waals surface area contributed by atoms with E-state index in [0.29, 0.717) is 22.4 Å². The van der Waals surface area contributed by atoms with E-state index in [2.05, 4.69) is 0 Å². The fourth-order valence-corrected chi connectivity index (χ4v) is 1.90. The summed E-state index contributed by atoms with van der Waals surface area (Å²) in [5.41, 5.74) is 0.626. The van der Waals surface area contributed by atoms with Crippen molar-refractivity contribution in [3.05, 3.63) is 29.8 Å². The molecule has 0 aliphatic heterocycles. The van der Waals surface area contributed by atoms with Gasteiger partial charge < -0.3 is 19.7 Å². The molecule has 0 fully saturated rings. The van der Waals surface area contributed by atoms with E-state index in [0.717, 1.165) is 5.39 Å². The molecule has 2 aromatic carbocycles. The van der Waals surface area contributed by atoms with Gasteiger partial charge in [-0.2, -0.15) is 0 Å². The smallest absolute Gasteiger partial charge is 0.130 e. The van der Waals surface area contributed by atoms with Crippen molar-refractivity contribution in [3.63, 3.8) is 0 Å². The van der Waals surface area contributed by atoms with Crippen LogP contribution >= 0.6 is 0 Å². The third-order valence-corrected chi connectivity index (χ3v) is 2.70. The van der Waals surface area contributed by atoms with E-state index >= 15 is 0 Å². The lowest BCUT2D eigenvalue weighted by Gasteiger charge is -2.12. The molecule has 0 saturated carbocycles. The predicted molar refractivity (Wildman–Crippen MR) is 64.6 cm³/mol. The molecule has 0 amide bonds. The maximum Gasteiger partial charge on any atom is 0.130 e. The second-order valence-electron chi connectivity index (χ2n) is 3.67. The maximum absolute atomic E-state index is 9.97. The van der Waals surface area contributed by atoms with Gasteiger partial charge >= 0.3 is 0 Å². The molecular formula is C13H14O4. The fraction of sp³-hybridized carbons (Fsp3) is 0.231. The number of benzene rings is 2. The molecule has 2 aromatic rings. The van der Waals surface area contributed by atoms with Crippen molar-refractivity contribution in [3.8, 4) is 17.2 Å². The van der Waals surface area contributed by atoms with Gasteiger partial charge in [-0.3, -0.25) is 0 Å². The minimum absolute atomic E-state index is 0.0716. The highest BCUT2D eigenvalue weighted by atomic mass is 16.5. The summed E-state index contributed by atoms with van der Waals surface area (Å²) in [5, 5.41) is 20.4. The van der Waals surface area contributed by atoms with Gasteiger partial charge in [-0.05, 0) is 29.8 Å². The number of aliphatic hydroxyl groups excluding tert-OH is 1. The summed E-state index contributed by atoms with van der Waals surface area (Å²) in [6.07, 6.45) is 0. The first-order valence-electron chi connectivity index (χ1n) is 5.18. The Bertz CT molecular complexity index is 549. The Morgan fingerprint density at radius 2 is 1.71 bits per heavy atom. The number of hydrogen-bond acceptors (Lipinski definition) is 4. The Morgan fingerprint density at radius 1 is 1.06 bits per heavy atom. The lowest BCUT2D eigenvalue weighted by molar-refractivity contribution is 0.281. The number of ether oxygens (including phenoxy) is 2. The van der Waals surface area contributed by atoms with Crippen LogP contribution in [-0.4, -0.2) is 24.4 Å². The molecule has 2 N–H and O–H groups in total. The van der Waals surface area contributed by atoms with Gasteiger partial charge in [-0.15, -0.1) is 0 Å². The maximum atomic E-state index is 9.97. The second kappa shape index (κ2) is 4.51. The van der Waals surface area contributed by atoms with E-state index in [-0.39, 0.29) is 12.4 Å². The summed E-state index contributed by atoms with van der Waals surface area (Å²) >= 11 is 0. The van der Waals surface area contributed by atoms with Gasteiger partial charge in [0.25, 0.3) is 0 Å². The molecule has 0 aliphatic rings. The van der Waals surface area contributed by atoms with Crippen molar-refractivity contribution in [2.24, 2.45) is 0 Å². The van der Waals surface area contributed by atoms with Gasteiger partial charge in [0.1, 0.15) is 17.2 Å². The minimum atomic E-state index is -0.135. The summed E-state index contributed by atoms with van der Waals surface area (Å²) in [6.45, 7) is -0.135. The number of methoxy groups -OCH3 is 2. The first-order valence-corrected chi connectivity index (χ1v) is 5.18. The molecule has 90 valence electrons. The monoisotopic (exact) mass is 234 g/mol. The van der Waals surface area contributed by atoms with Crippen LogP contribution < -0.4 is 9.47 Å². The summed E-state index contributed by atoms with van der Waals surface area (Å²) in [6, 6.07) is 6.79. The molecule has 2 rings (SSSR count). The van der Waals surface area contributed by atoms with Gasteiger partial charge in [0, 0.05) is 5.39 Å². The molecule has 0 unspecified atom stereocenters. The quantitative estimate of drug-likeness (QED) is 0.853. The number of rotatable bonds is 3. The second-order valence-corrected chi connectivity index (χ2v) is 3.67. The zero-order chi connectivity index (χ0) is 12.4. The van der Waals surface area contributed by atoms with E-state index in [9.17, 15) is 5.11 Å². The van der Waals surface area contributed by atoms with E-state index in [4.69, 9.17) is 14.6 Å².